The van der Waals surface area contributed by atoms with E-state index in [2.05, 4.69) is 41.4 Å². The van der Waals surface area contributed by atoms with Crippen molar-refractivity contribution in [2.45, 2.75) is 33.2 Å². The van der Waals surface area contributed by atoms with Crippen LogP contribution in [0.1, 0.15) is 36.7 Å². The number of aromatic nitrogens is 2. The fraction of sp³-hybridized carbons (Fsp3) is 0.375. The molecule has 0 spiro atoms. The molecule has 0 radical (unpaired) electrons. The summed E-state index contributed by atoms with van der Waals surface area (Å²) in [4.78, 5) is 4.36. The monoisotopic (exact) mass is 413 g/mol. The number of nitrogens with one attached hydrogen (secondary N) is 1. The van der Waals surface area contributed by atoms with E-state index in [0.717, 1.165) is 17.1 Å². The Balaban J connectivity index is 0.00000242. The molecule has 0 unspecified atom stereocenters. The second-order valence-electron chi connectivity index (χ2n) is 5.51. The van der Waals surface area contributed by atoms with Crippen LogP contribution in [0.25, 0.3) is 0 Å². The van der Waals surface area contributed by atoms with Gasteiger partial charge < -0.3 is 11.1 Å². The third-order valence-electron chi connectivity index (χ3n) is 3.34. The third-order valence-corrected chi connectivity index (χ3v) is 3.34. The molecule has 2 rings (SSSR count). The van der Waals surface area contributed by atoms with Crippen LogP contribution in [0.2, 0.25) is 0 Å². The average Bonchev–Trinajstić information content (AvgIpc) is 2.75. The highest BCUT2D eigenvalue weighted by Crippen LogP contribution is 2.18. The highest BCUT2D eigenvalue weighted by atomic mass is 127. The maximum atomic E-state index is 5.95. The number of hydrogen-bond donors (Lipinski definition) is 2. The number of rotatable bonds is 4. The number of nitrogens with zero attached hydrogens (tertiary/aromatic N) is 3. The van der Waals surface area contributed by atoms with Crippen LogP contribution in [-0.2, 0) is 13.6 Å². The van der Waals surface area contributed by atoms with Crippen molar-refractivity contribution in [2.75, 3.05) is 5.32 Å². The molecule has 2 aromatic rings. The van der Waals surface area contributed by atoms with Gasteiger partial charge in [0.2, 0.25) is 0 Å². The molecule has 6 heteroatoms. The van der Waals surface area contributed by atoms with Crippen LogP contribution < -0.4 is 11.1 Å². The minimum atomic E-state index is 0. The van der Waals surface area contributed by atoms with Gasteiger partial charge in [-0.05, 0) is 36.6 Å². The van der Waals surface area contributed by atoms with Gasteiger partial charge in [0.25, 0.3) is 0 Å². The van der Waals surface area contributed by atoms with E-state index in [1.54, 1.807) is 0 Å². The molecule has 1 aromatic heterocycles. The molecule has 22 heavy (non-hydrogen) atoms. The molecule has 0 aliphatic carbocycles. The van der Waals surface area contributed by atoms with Gasteiger partial charge in [-0.15, -0.1) is 24.0 Å². The Morgan fingerprint density at radius 1 is 1.36 bits per heavy atom. The van der Waals surface area contributed by atoms with E-state index in [1.807, 2.05) is 36.9 Å². The number of halogens is 1. The van der Waals surface area contributed by atoms with E-state index < -0.39 is 0 Å². The molecule has 0 saturated heterocycles. The van der Waals surface area contributed by atoms with Crippen molar-refractivity contribution in [3.63, 3.8) is 0 Å². The van der Waals surface area contributed by atoms with Crippen molar-refractivity contribution in [1.82, 2.24) is 9.78 Å². The molecule has 0 aliphatic heterocycles. The zero-order valence-corrected chi connectivity index (χ0v) is 15.8. The first-order valence-corrected chi connectivity index (χ1v) is 7.12. The third kappa shape index (κ3) is 5.01. The van der Waals surface area contributed by atoms with Crippen LogP contribution in [-0.4, -0.2) is 15.7 Å². The Kier molecular flexibility index (Phi) is 6.86. The van der Waals surface area contributed by atoms with Crippen LogP contribution >= 0.6 is 24.0 Å². The summed E-state index contributed by atoms with van der Waals surface area (Å²) < 4.78 is 1.82. The van der Waals surface area contributed by atoms with E-state index >= 15 is 0 Å². The van der Waals surface area contributed by atoms with Crippen LogP contribution in [0.3, 0.4) is 0 Å². The van der Waals surface area contributed by atoms with Crippen molar-refractivity contribution in [1.29, 1.82) is 0 Å². The fourth-order valence-corrected chi connectivity index (χ4v) is 2.14. The number of aryl methyl sites for hydroxylation is 2. The minimum Gasteiger partial charge on any atom is -0.370 e. The van der Waals surface area contributed by atoms with Crippen molar-refractivity contribution in [3.05, 3.63) is 47.3 Å². The van der Waals surface area contributed by atoms with Gasteiger partial charge in [0.05, 0.1) is 17.9 Å². The van der Waals surface area contributed by atoms with E-state index in [1.165, 1.54) is 5.56 Å². The molecule has 3 N–H and O–H groups in total. The Labute approximate surface area is 149 Å². The molecule has 0 aliphatic rings. The van der Waals surface area contributed by atoms with Crippen LogP contribution in [0.15, 0.2) is 35.3 Å². The van der Waals surface area contributed by atoms with Gasteiger partial charge >= 0.3 is 0 Å². The molecule has 0 fully saturated rings. The van der Waals surface area contributed by atoms with Gasteiger partial charge in [0.15, 0.2) is 5.96 Å². The standard InChI is InChI=1S/C16H23N5.HI/c1-11(2)13-6-5-7-14(9-13)19-16(17)18-10-15-8-12(3)20-21(15)4;/h5-9,11H,10H2,1-4H3,(H3,17,18,19);1H. The predicted molar refractivity (Wildman–Crippen MR) is 103 cm³/mol. The number of nitrogens with two attached hydrogens (primary N) is 1. The highest BCUT2D eigenvalue weighted by molar-refractivity contribution is 14.0. The maximum Gasteiger partial charge on any atom is 0.193 e. The topological polar surface area (TPSA) is 68.2 Å². The Bertz CT molecular complexity index is 646. The summed E-state index contributed by atoms with van der Waals surface area (Å²) in [6, 6.07) is 10.2. The first kappa shape index (κ1) is 18.5. The molecule has 1 aromatic carbocycles. The molecule has 1 heterocycles. The van der Waals surface area contributed by atoms with E-state index in [4.69, 9.17) is 5.73 Å². The number of anilines is 1. The van der Waals surface area contributed by atoms with Crippen molar-refractivity contribution in [2.24, 2.45) is 17.8 Å². The lowest BCUT2D eigenvalue weighted by molar-refractivity contribution is 0.706. The molecular weight excluding hydrogens is 389 g/mol. The quantitative estimate of drug-likeness (QED) is 0.459. The van der Waals surface area contributed by atoms with Gasteiger partial charge in [-0.25, -0.2) is 4.99 Å². The Morgan fingerprint density at radius 2 is 2.09 bits per heavy atom. The second kappa shape index (κ2) is 8.17. The molecule has 0 bridgehead atoms. The number of benzene rings is 1. The average molecular weight is 413 g/mol. The Hall–Kier alpha value is -1.57. The molecular formula is C16H24IN5. The van der Waals surface area contributed by atoms with Gasteiger partial charge in [-0.2, -0.15) is 5.10 Å². The summed E-state index contributed by atoms with van der Waals surface area (Å²) in [6.45, 7) is 6.81. The van der Waals surface area contributed by atoms with Gasteiger partial charge in [0, 0.05) is 12.7 Å². The fourth-order valence-electron chi connectivity index (χ4n) is 2.14. The zero-order chi connectivity index (χ0) is 15.4. The molecule has 0 saturated carbocycles. The van der Waals surface area contributed by atoms with Crippen molar-refractivity contribution < 1.29 is 0 Å². The summed E-state index contributed by atoms with van der Waals surface area (Å²) in [6.07, 6.45) is 0. The van der Waals surface area contributed by atoms with Gasteiger partial charge in [-0.3, -0.25) is 4.68 Å². The van der Waals surface area contributed by atoms with E-state index in [0.29, 0.717) is 18.4 Å². The first-order chi connectivity index (χ1) is 9.95. The second-order valence-corrected chi connectivity index (χ2v) is 5.51. The summed E-state index contributed by atoms with van der Waals surface area (Å²) >= 11 is 0. The lowest BCUT2D eigenvalue weighted by Crippen LogP contribution is -2.22. The SMILES string of the molecule is Cc1cc(CN=C(N)Nc2cccc(C(C)C)c2)n(C)n1.I. The lowest BCUT2D eigenvalue weighted by atomic mass is 10.0. The lowest BCUT2D eigenvalue weighted by Gasteiger charge is -2.10. The minimum absolute atomic E-state index is 0. The van der Waals surface area contributed by atoms with Gasteiger partial charge in [-0.1, -0.05) is 26.0 Å². The zero-order valence-electron chi connectivity index (χ0n) is 13.5. The van der Waals surface area contributed by atoms with Crippen LogP contribution in [0, 0.1) is 6.92 Å². The first-order valence-electron chi connectivity index (χ1n) is 7.12. The van der Waals surface area contributed by atoms with Crippen molar-refractivity contribution in [3.8, 4) is 0 Å². The number of hydrogen-bond acceptors (Lipinski definition) is 2. The highest BCUT2D eigenvalue weighted by Gasteiger charge is 2.03. The van der Waals surface area contributed by atoms with E-state index in [-0.39, 0.29) is 24.0 Å². The van der Waals surface area contributed by atoms with Crippen molar-refractivity contribution >= 4 is 35.6 Å². The molecule has 0 amide bonds. The van der Waals surface area contributed by atoms with Crippen LogP contribution in [0.5, 0.6) is 0 Å². The number of aliphatic imine (C=N–C) groups is 1. The summed E-state index contributed by atoms with van der Waals surface area (Å²) in [7, 11) is 1.91. The Morgan fingerprint density at radius 3 is 2.68 bits per heavy atom. The normalized spacial score (nSPS) is 11.4. The summed E-state index contributed by atoms with van der Waals surface area (Å²) in [5.74, 6) is 0.900. The summed E-state index contributed by atoms with van der Waals surface area (Å²) in [5, 5.41) is 7.42. The maximum absolute atomic E-state index is 5.95. The smallest absolute Gasteiger partial charge is 0.193 e. The van der Waals surface area contributed by atoms with Gasteiger partial charge in [0.1, 0.15) is 0 Å². The summed E-state index contributed by atoms with van der Waals surface area (Å²) in [5.41, 5.74) is 10.2. The molecule has 120 valence electrons. The largest absolute Gasteiger partial charge is 0.370 e. The molecule has 5 nitrogen and oxygen atoms in total. The number of guanidine groups is 1. The van der Waals surface area contributed by atoms with Crippen LogP contribution in [0.4, 0.5) is 5.69 Å². The predicted octanol–water partition coefficient (Wildman–Crippen LogP) is 3.40. The van der Waals surface area contributed by atoms with E-state index in [9.17, 15) is 0 Å². The molecule has 0 atom stereocenters.